The van der Waals surface area contributed by atoms with Gasteiger partial charge < -0.3 is 4.74 Å². The third-order valence-electron chi connectivity index (χ3n) is 4.76. The zero-order valence-corrected chi connectivity index (χ0v) is 12.9. The molecule has 1 heterocycles. The van der Waals surface area contributed by atoms with Gasteiger partial charge in [0.25, 0.3) is 0 Å². The minimum atomic E-state index is 0.602. The molecule has 0 aromatic carbocycles. The second-order valence-corrected chi connectivity index (χ2v) is 7.64. The third kappa shape index (κ3) is 4.45. The molecule has 18 heavy (non-hydrogen) atoms. The Labute approximate surface area is 117 Å². The molecule has 0 spiro atoms. The molecule has 2 heteroatoms. The van der Waals surface area contributed by atoms with Crippen LogP contribution >= 0.6 is 11.8 Å². The molecule has 1 unspecified atom stereocenters. The Hall–Kier alpha value is 0.310. The van der Waals surface area contributed by atoms with Crippen molar-refractivity contribution in [3.63, 3.8) is 0 Å². The van der Waals surface area contributed by atoms with E-state index in [9.17, 15) is 0 Å². The molecular weight excluding hydrogens is 240 g/mol. The fourth-order valence-electron chi connectivity index (χ4n) is 3.43. The summed E-state index contributed by atoms with van der Waals surface area (Å²) in [5.74, 6) is 1.38. The van der Waals surface area contributed by atoms with Crippen molar-refractivity contribution < 1.29 is 4.74 Å². The number of ether oxygens (including phenoxy) is 1. The molecule has 2 fully saturated rings. The van der Waals surface area contributed by atoms with Gasteiger partial charge in [0, 0.05) is 11.4 Å². The van der Waals surface area contributed by atoms with E-state index in [1.165, 1.54) is 76.4 Å². The Morgan fingerprint density at radius 3 is 2.61 bits per heavy atom. The maximum absolute atomic E-state index is 5.68. The summed E-state index contributed by atoms with van der Waals surface area (Å²) >= 11 is 2.29. The molecule has 106 valence electrons. The number of hydrogen-bond donors (Lipinski definition) is 0. The number of unbranched alkanes of at least 4 members (excludes halogenated alkanes) is 1. The van der Waals surface area contributed by atoms with Crippen molar-refractivity contribution in [2.24, 2.45) is 0 Å². The Bertz CT molecular complexity index is 217. The molecule has 1 aliphatic carbocycles. The molecule has 0 N–H and O–H groups in total. The maximum atomic E-state index is 5.68. The molecule has 2 aliphatic rings. The van der Waals surface area contributed by atoms with Crippen molar-refractivity contribution in [3.8, 4) is 0 Å². The van der Waals surface area contributed by atoms with E-state index in [0.717, 1.165) is 6.61 Å². The predicted molar refractivity (Wildman–Crippen MR) is 81.4 cm³/mol. The van der Waals surface area contributed by atoms with Crippen LogP contribution in [0.4, 0.5) is 0 Å². The first-order valence-electron chi connectivity index (χ1n) is 8.10. The number of hydrogen-bond acceptors (Lipinski definition) is 2. The van der Waals surface area contributed by atoms with Crippen LogP contribution in [0.15, 0.2) is 0 Å². The second kappa shape index (κ2) is 7.79. The lowest BCUT2D eigenvalue weighted by Gasteiger charge is -2.36. The van der Waals surface area contributed by atoms with Gasteiger partial charge in [0.1, 0.15) is 0 Å². The topological polar surface area (TPSA) is 9.23 Å². The average molecular weight is 270 g/mol. The zero-order chi connectivity index (χ0) is 12.7. The second-order valence-electron chi connectivity index (χ2n) is 6.08. The molecule has 1 saturated carbocycles. The summed E-state index contributed by atoms with van der Waals surface area (Å²) in [6, 6.07) is 0. The highest BCUT2D eigenvalue weighted by molar-refractivity contribution is 8.00. The van der Waals surface area contributed by atoms with Gasteiger partial charge in [-0.15, -0.1) is 0 Å². The minimum absolute atomic E-state index is 0.602. The largest absolute Gasteiger partial charge is 0.378 e. The Balaban J connectivity index is 1.55. The van der Waals surface area contributed by atoms with Crippen LogP contribution in [0, 0.1) is 0 Å². The van der Waals surface area contributed by atoms with Gasteiger partial charge in [-0.25, -0.2) is 0 Å². The van der Waals surface area contributed by atoms with Gasteiger partial charge in [0.2, 0.25) is 0 Å². The van der Waals surface area contributed by atoms with Gasteiger partial charge in [-0.05, 0) is 50.7 Å². The molecule has 0 bridgehead atoms. The monoisotopic (exact) mass is 270 g/mol. The maximum Gasteiger partial charge on any atom is 0.0576 e. The summed E-state index contributed by atoms with van der Waals surface area (Å²) in [6.45, 7) is 3.41. The smallest absolute Gasteiger partial charge is 0.0576 e. The van der Waals surface area contributed by atoms with E-state index < -0.39 is 0 Å². The van der Waals surface area contributed by atoms with Crippen LogP contribution < -0.4 is 0 Å². The van der Waals surface area contributed by atoms with Crippen molar-refractivity contribution in [2.75, 3.05) is 12.4 Å². The fourth-order valence-corrected chi connectivity index (χ4v) is 4.99. The fraction of sp³-hybridized carbons (Fsp3) is 1.00. The third-order valence-corrected chi connectivity index (χ3v) is 6.56. The van der Waals surface area contributed by atoms with Crippen molar-refractivity contribution in [1.29, 1.82) is 0 Å². The molecular formula is C16H30OS. The van der Waals surface area contributed by atoms with Crippen LogP contribution in [-0.4, -0.2) is 23.2 Å². The van der Waals surface area contributed by atoms with Gasteiger partial charge in [-0.1, -0.05) is 32.6 Å². The summed E-state index contributed by atoms with van der Waals surface area (Å²) in [5, 5.41) is 0. The minimum Gasteiger partial charge on any atom is -0.378 e. The van der Waals surface area contributed by atoms with Crippen LogP contribution in [0.25, 0.3) is 0 Å². The van der Waals surface area contributed by atoms with E-state index in [4.69, 9.17) is 4.74 Å². The lowest BCUT2D eigenvalue weighted by atomic mass is 9.86. The van der Waals surface area contributed by atoms with Crippen LogP contribution in [-0.2, 0) is 4.74 Å². The van der Waals surface area contributed by atoms with Gasteiger partial charge >= 0.3 is 0 Å². The Kier molecular flexibility index (Phi) is 6.37. The van der Waals surface area contributed by atoms with E-state index in [1.807, 2.05) is 0 Å². The van der Waals surface area contributed by atoms with Crippen LogP contribution in [0.1, 0.15) is 77.6 Å². The van der Waals surface area contributed by atoms with E-state index in [1.54, 1.807) is 0 Å². The molecule has 2 rings (SSSR count). The molecule has 0 aromatic rings. The van der Waals surface area contributed by atoms with Gasteiger partial charge in [0.05, 0.1) is 6.10 Å². The highest BCUT2D eigenvalue weighted by atomic mass is 32.2. The molecule has 1 nitrogen and oxygen atoms in total. The lowest BCUT2D eigenvalue weighted by molar-refractivity contribution is 0.102. The van der Waals surface area contributed by atoms with Gasteiger partial charge in [-0.2, -0.15) is 11.8 Å². The van der Waals surface area contributed by atoms with E-state index >= 15 is 0 Å². The SMILES string of the molecule is CCC1(SCCCCC2CCCO2)CCCCC1. The first kappa shape index (κ1) is 14.7. The van der Waals surface area contributed by atoms with E-state index in [0.29, 0.717) is 10.9 Å². The predicted octanol–water partition coefficient (Wildman–Crippen LogP) is 5.18. The van der Waals surface area contributed by atoms with E-state index in [2.05, 4.69) is 18.7 Å². The molecule has 1 atom stereocenters. The molecule has 0 amide bonds. The zero-order valence-electron chi connectivity index (χ0n) is 12.1. The standard InChI is InChI=1S/C16H30OS/c1-2-16(11-5-3-6-12-16)18-14-7-4-9-15-10-8-13-17-15/h15H,2-14H2,1H3. The quantitative estimate of drug-likeness (QED) is 0.589. The summed E-state index contributed by atoms with van der Waals surface area (Å²) in [6.07, 6.45) is 16.0. The number of rotatable bonds is 7. The highest BCUT2D eigenvalue weighted by Crippen LogP contribution is 2.42. The van der Waals surface area contributed by atoms with Crippen molar-refractivity contribution in [1.82, 2.24) is 0 Å². The van der Waals surface area contributed by atoms with Gasteiger partial charge in [-0.3, -0.25) is 0 Å². The van der Waals surface area contributed by atoms with Crippen LogP contribution in [0.2, 0.25) is 0 Å². The molecule has 0 radical (unpaired) electrons. The summed E-state index contributed by atoms with van der Waals surface area (Å²) in [5.41, 5.74) is 0. The summed E-state index contributed by atoms with van der Waals surface area (Å²) < 4.78 is 6.34. The molecule has 1 saturated heterocycles. The summed E-state index contributed by atoms with van der Waals surface area (Å²) in [7, 11) is 0. The van der Waals surface area contributed by atoms with Crippen LogP contribution in [0.5, 0.6) is 0 Å². The first-order valence-corrected chi connectivity index (χ1v) is 9.09. The Morgan fingerprint density at radius 1 is 1.11 bits per heavy atom. The average Bonchev–Trinajstić information content (AvgIpc) is 2.93. The van der Waals surface area contributed by atoms with Gasteiger partial charge in [0.15, 0.2) is 0 Å². The van der Waals surface area contributed by atoms with Crippen molar-refractivity contribution in [2.45, 2.75) is 88.4 Å². The Morgan fingerprint density at radius 2 is 1.94 bits per heavy atom. The van der Waals surface area contributed by atoms with Crippen molar-refractivity contribution in [3.05, 3.63) is 0 Å². The van der Waals surface area contributed by atoms with Crippen molar-refractivity contribution >= 4 is 11.8 Å². The number of thioether (sulfide) groups is 1. The lowest BCUT2D eigenvalue weighted by Crippen LogP contribution is -2.27. The summed E-state index contributed by atoms with van der Waals surface area (Å²) in [4.78, 5) is 0. The van der Waals surface area contributed by atoms with E-state index in [-0.39, 0.29) is 0 Å². The van der Waals surface area contributed by atoms with Crippen LogP contribution in [0.3, 0.4) is 0 Å². The highest BCUT2D eigenvalue weighted by Gasteiger charge is 2.30. The molecule has 0 aromatic heterocycles. The molecule has 1 aliphatic heterocycles. The first-order chi connectivity index (χ1) is 8.85. The normalized spacial score (nSPS) is 27.5.